The lowest BCUT2D eigenvalue weighted by Crippen LogP contribution is -2.45. The number of carbonyl (C=O) groups excluding carboxylic acids is 2. The topological polar surface area (TPSA) is 95.9 Å². The molecule has 0 heterocycles. The second-order valence-electron chi connectivity index (χ2n) is 26.7. The van der Waals surface area contributed by atoms with Crippen LogP contribution in [0.5, 0.6) is 0 Å². The monoisotopic (exact) mass is 1190 g/mol. The molecule has 1 amide bonds. The maximum absolute atomic E-state index is 12.5. The normalized spacial score (nSPS) is 12.7. The van der Waals surface area contributed by atoms with Gasteiger partial charge in [0.1, 0.15) is 0 Å². The lowest BCUT2D eigenvalue weighted by molar-refractivity contribution is -0.143. The van der Waals surface area contributed by atoms with Crippen LogP contribution in [-0.2, 0) is 14.3 Å². The predicted molar refractivity (Wildman–Crippen MR) is 375 cm³/mol. The summed E-state index contributed by atoms with van der Waals surface area (Å²) in [5, 5.41) is 23.2. The second-order valence-corrected chi connectivity index (χ2v) is 26.7. The number of esters is 1. The molecule has 0 spiro atoms. The Labute approximate surface area is 532 Å². The molecule has 6 heteroatoms. The molecule has 0 aliphatic rings. The average Bonchev–Trinajstić information content (AvgIpc) is 3.50. The van der Waals surface area contributed by atoms with Crippen molar-refractivity contribution in [3.63, 3.8) is 0 Å². The van der Waals surface area contributed by atoms with E-state index in [0.717, 1.165) is 44.9 Å². The van der Waals surface area contributed by atoms with Crippen LogP contribution in [0.1, 0.15) is 431 Å². The van der Waals surface area contributed by atoms with E-state index < -0.39 is 12.1 Å². The molecule has 3 N–H and O–H groups in total. The summed E-state index contributed by atoms with van der Waals surface area (Å²) < 4.78 is 5.50. The van der Waals surface area contributed by atoms with Gasteiger partial charge in [-0.1, -0.05) is 371 Å². The van der Waals surface area contributed by atoms with Crippen molar-refractivity contribution >= 4 is 11.9 Å². The molecular weight excluding hydrogens is 1040 g/mol. The zero-order valence-corrected chi connectivity index (χ0v) is 57.6. The Morgan fingerprint density at radius 1 is 0.318 bits per heavy atom. The van der Waals surface area contributed by atoms with Gasteiger partial charge in [0.25, 0.3) is 0 Å². The van der Waals surface area contributed by atoms with Crippen molar-refractivity contribution in [2.45, 2.75) is 443 Å². The Kier molecular flexibility index (Phi) is 72.9. The first-order valence-corrected chi connectivity index (χ1v) is 38.8. The Morgan fingerprint density at radius 2 is 0.553 bits per heavy atom. The zero-order chi connectivity index (χ0) is 61.3. The summed E-state index contributed by atoms with van der Waals surface area (Å²) >= 11 is 0. The van der Waals surface area contributed by atoms with E-state index in [1.54, 1.807) is 6.08 Å². The van der Waals surface area contributed by atoms with Crippen LogP contribution in [0.15, 0.2) is 36.5 Å². The molecule has 0 saturated heterocycles. The van der Waals surface area contributed by atoms with E-state index in [-0.39, 0.29) is 18.5 Å². The molecule has 0 fully saturated rings. The summed E-state index contributed by atoms with van der Waals surface area (Å²) in [7, 11) is 0. The van der Waals surface area contributed by atoms with E-state index in [9.17, 15) is 19.8 Å². The SMILES string of the molecule is CCCCCCCCC/C=C\CCCCCCCC(=O)OCCCCCCCCCCCCCCCC/C=C\CCCCCCCCCCCCCCCCCCCC(=O)NC(CO)C(O)/C=C/CCCCCCCCCCCCCCCCC. The summed E-state index contributed by atoms with van der Waals surface area (Å²) in [4.78, 5) is 24.6. The van der Waals surface area contributed by atoms with Crippen molar-refractivity contribution in [3.8, 4) is 0 Å². The number of aliphatic hydroxyl groups excluding tert-OH is 2. The molecule has 85 heavy (non-hydrogen) atoms. The molecule has 0 saturated carbocycles. The standard InChI is InChI=1S/C79H151NO5/c1-3-5-7-9-11-13-15-17-19-40-43-47-51-55-59-63-67-71-77(82)76(75-81)80-78(83)72-68-64-60-56-52-48-44-41-38-36-34-32-30-28-26-24-22-21-23-25-27-29-31-33-35-37-39-42-46-50-54-58-62-66-70-74-85-79(84)73-69-65-61-57-53-49-45-20-18-16-14-12-10-8-6-4-2/h20,23,25,45,67,71,76-77,81-82H,3-19,21-22,24,26-44,46-66,68-70,72-75H2,1-2H3,(H,80,83)/b25-23-,45-20-,71-67+. The third-order valence-electron chi connectivity index (χ3n) is 18.1. The van der Waals surface area contributed by atoms with E-state index in [4.69, 9.17) is 4.74 Å². The van der Waals surface area contributed by atoms with Gasteiger partial charge in [0.2, 0.25) is 5.91 Å². The number of carbonyl (C=O) groups is 2. The van der Waals surface area contributed by atoms with Gasteiger partial charge in [0, 0.05) is 12.8 Å². The summed E-state index contributed by atoms with van der Waals surface area (Å²) in [5.74, 6) is -0.0479. The largest absolute Gasteiger partial charge is 0.466 e. The van der Waals surface area contributed by atoms with Crippen molar-refractivity contribution in [1.29, 1.82) is 0 Å². The average molecular weight is 1200 g/mol. The van der Waals surface area contributed by atoms with Crippen molar-refractivity contribution < 1.29 is 24.5 Å². The second kappa shape index (κ2) is 74.5. The first kappa shape index (κ1) is 83.1. The Bertz CT molecular complexity index is 1380. The van der Waals surface area contributed by atoms with Gasteiger partial charge in [0.05, 0.1) is 25.4 Å². The molecule has 0 aromatic carbocycles. The van der Waals surface area contributed by atoms with Crippen LogP contribution in [0.2, 0.25) is 0 Å². The van der Waals surface area contributed by atoms with Crippen LogP contribution in [0.4, 0.5) is 0 Å². The lowest BCUT2D eigenvalue weighted by atomic mass is 10.0. The molecule has 502 valence electrons. The number of amides is 1. The summed E-state index contributed by atoms with van der Waals surface area (Å²) in [5.41, 5.74) is 0. The van der Waals surface area contributed by atoms with Crippen LogP contribution in [0.3, 0.4) is 0 Å². The maximum Gasteiger partial charge on any atom is 0.305 e. The molecule has 0 rings (SSSR count). The molecule has 0 aliphatic heterocycles. The Balaban J connectivity index is 3.35. The first-order valence-electron chi connectivity index (χ1n) is 38.8. The number of allylic oxidation sites excluding steroid dienone is 5. The van der Waals surface area contributed by atoms with E-state index in [0.29, 0.717) is 19.4 Å². The van der Waals surface area contributed by atoms with Crippen LogP contribution in [0, 0.1) is 0 Å². The number of rotatable bonds is 73. The number of hydrogen-bond acceptors (Lipinski definition) is 5. The van der Waals surface area contributed by atoms with Crippen molar-refractivity contribution in [2.75, 3.05) is 13.2 Å². The molecule has 2 unspecified atom stereocenters. The maximum atomic E-state index is 12.5. The van der Waals surface area contributed by atoms with Gasteiger partial charge in [0.15, 0.2) is 0 Å². The summed E-state index contributed by atoms with van der Waals surface area (Å²) in [6, 6.07) is -0.625. The van der Waals surface area contributed by atoms with Crippen LogP contribution >= 0.6 is 0 Å². The van der Waals surface area contributed by atoms with Crippen LogP contribution in [-0.4, -0.2) is 47.4 Å². The van der Waals surface area contributed by atoms with Crippen LogP contribution in [0.25, 0.3) is 0 Å². The highest BCUT2D eigenvalue weighted by atomic mass is 16.5. The van der Waals surface area contributed by atoms with E-state index in [2.05, 4.69) is 43.5 Å². The molecule has 0 aromatic heterocycles. The smallest absolute Gasteiger partial charge is 0.305 e. The Hall–Kier alpha value is -1.92. The van der Waals surface area contributed by atoms with Crippen molar-refractivity contribution in [2.24, 2.45) is 0 Å². The highest BCUT2D eigenvalue weighted by molar-refractivity contribution is 5.76. The molecular formula is C79H151NO5. The number of aliphatic hydroxyl groups is 2. The summed E-state index contributed by atoms with van der Waals surface area (Å²) in [6.07, 6.45) is 96.9. The highest BCUT2D eigenvalue weighted by Gasteiger charge is 2.18. The fourth-order valence-corrected chi connectivity index (χ4v) is 12.2. The van der Waals surface area contributed by atoms with Gasteiger partial charge < -0.3 is 20.3 Å². The van der Waals surface area contributed by atoms with Gasteiger partial charge in [-0.25, -0.2) is 0 Å². The molecule has 0 aromatic rings. The highest BCUT2D eigenvalue weighted by Crippen LogP contribution is 2.19. The van der Waals surface area contributed by atoms with Crippen molar-refractivity contribution in [1.82, 2.24) is 5.32 Å². The predicted octanol–water partition coefficient (Wildman–Crippen LogP) is 25.4. The summed E-state index contributed by atoms with van der Waals surface area (Å²) in [6.45, 7) is 4.94. The quantitative estimate of drug-likeness (QED) is 0.0320. The first-order chi connectivity index (χ1) is 42.0. The van der Waals surface area contributed by atoms with Gasteiger partial charge in [-0.15, -0.1) is 0 Å². The van der Waals surface area contributed by atoms with Gasteiger partial charge in [-0.2, -0.15) is 0 Å². The fourth-order valence-electron chi connectivity index (χ4n) is 12.2. The van der Waals surface area contributed by atoms with Crippen LogP contribution < -0.4 is 5.32 Å². The van der Waals surface area contributed by atoms with Gasteiger partial charge >= 0.3 is 5.97 Å². The molecule has 0 bridgehead atoms. The van der Waals surface area contributed by atoms with E-state index >= 15 is 0 Å². The van der Waals surface area contributed by atoms with Crippen molar-refractivity contribution in [3.05, 3.63) is 36.5 Å². The molecule has 2 atom stereocenters. The lowest BCUT2D eigenvalue weighted by Gasteiger charge is -2.20. The van der Waals surface area contributed by atoms with Gasteiger partial charge in [-0.05, 0) is 83.5 Å². The number of nitrogens with one attached hydrogen (secondary N) is 1. The van der Waals surface area contributed by atoms with E-state index in [1.807, 2.05) is 6.08 Å². The molecule has 6 nitrogen and oxygen atoms in total. The third kappa shape index (κ3) is 71.0. The van der Waals surface area contributed by atoms with E-state index in [1.165, 1.54) is 360 Å². The number of unbranched alkanes of at least 4 members (excludes halogenated alkanes) is 58. The Morgan fingerprint density at radius 3 is 0.835 bits per heavy atom. The fraction of sp³-hybridized carbons (Fsp3) is 0.899. The minimum atomic E-state index is -0.842. The minimum Gasteiger partial charge on any atom is -0.466 e. The number of ether oxygens (including phenoxy) is 1. The van der Waals surface area contributed by atoms with Gasteiger partial charge in [-0.3, -0.25) is 9.59 Å². The zero-order valence-electron chi connectivity index (χ0n) is 57.6. The third-order valence-corrected chi connectivity index (χ3v) is 18.1. The molecule has 0 radical (unpaired) electrons. The minimum absolute atomic E-state index is 0.0132. The number of hydrogen-bond donors (Lipinski definition) is 3. The molecule has 0 aliphatic carbocycles.